The molecule has 0 N–H and O–H groups in total. The molecule has 1 aromatic carbocycles. The highest BCUT2D eigenvalue weighted by Gasteiger charge is 2.30. The summed E-state index contributed by atoms with van der Waals surface area (Å²) in [7, 11) is 3.48. The molecular weight excluding hydrogens is 272 g/mol. The van der Waals surface area contributed by atoms with Gasteiger partial charge in [0.05, 0.1) is 0 Å². The Hall–Kier alpha value is -0.860. The molecular formula is C20H34O2. The zero-order valence-electron chi connectivity index (χ0n) is 14.8. The third kappa shape index (κ3) is 6.50. The van der Waals surface area contributed by atoms with Gasteiger partial charge < -0.3 is 9.47 Å². The molecule has 0 aliphatic carbocycles. The summed E-state index contributed by atoms with van der Waals surface area (Å²) in [5.74, 6) is -0.581. The molecule has 0 unspecified atom stereocenters. The molecule has 0 aliphatic rings. The molecule has 22 heavy (non-hydrogen) atoms. The fourth-order valence-electron chi connectivity index (χ4n) is 3.03. The summed E-state index contributed by atoms with van der Waals surface area (Å²) in [4.78, 5) is 0. The summed E-state index contributed by atoms with van der Waals surface area (Å²) < 4.78 is 11.4. The molecule has 126 valence electrons. The lowest BCUT2D eigenvalue weighted by molar-refractivity contribution is -0.221. The van der Waals surface area contributed by atoms with Crippen LogP contribution in [0, 0.1) is 0 Å². The maximum Gasteiger partial charge on any atom is 0.194 e. The Balaban J connectivity index is 2.25. The summed E-state index contributed by atoms with van der Waals surface area (Å²) in [5, 5.41) is 0. The quantitative estimate of drug-likeness (QED) is 0.326. The van der Waals surface area contributed by atoms with E-state index in [9.17, 15) is 0 Å². The minimum atomic E-state index is -0.581. The topological polar surface area (TPSA) is 18.5 Å². The normalized spacial score (nSPS) is 11.8. The van der Waals surface area contributed by atoms with Crippen LogP contribution in [0.4, 0.5) is 0 Å². The van der Waals surface area contributed by atoms with Gasteiger partial charge in [-0.3, -0.25) is 0 Å². The maximum absolute atomic E-state index is 5.72. The first-order valence-electron chi connectivity index (χ1n) is 8.95. The van der Waals surface area contributed by atoms with Crippen molar-refractivity contribution in [3.8, 4) is 0 Å². The van der Waals surface area contributed by atoms with Crippen LogP contribution < -0.4 is 0 Å². The predicted molar refractivity (Wildman–Crippen MR) is 94.0 cm³/mol. The van der Waals surface area contributed by atoms with E-state index in [1.54, 1.807) is 14.2 Å². The molecule has 0 spiro atoms. The minimum Gasteiger partial charge on any atom is -0.349 e. The Bertz CT molecular complexity index is 357. The number of hydrogen-bond acceptors (Lipinski definition) is 2. The van der Waals surface area contributed by atoms with Gasteiger partial charge in [0.25, 0.3) is 0 Å². The van der Waals surface area contributed by atoms with Crippen molar-refractivity contribution < 1.29 is 9.47 Å². The molecule has 0 bridgehead atoms. The molecule has 0 heterocycles. The first-order chi connectivity index (χ1) is 10.8. The van der Waals surface area contributed by atoms with Crippen LogP contribution in [0.15, 0.2) is 30.3 Å². The Morgan fingerprint density at radius 1 is 0.727 bits per heavy atom. The Labute approximate surface area is 137 Å². The maximum atomic E-state index is 5.72. The van der Waals surface area contributed by atoms with Crippen molar-refractivity contribution >= 4 is 0 Å². The number of unbranched alkanes of at least 4 members (excludes halogenated alkanes) is 8. The van der Waals surface area contributed by atoms with Crippen LogP contribution in [-0.4, -0.2) is 14.2 Å². The average molecular weight is 306 g/mol. The Kier molecular flexibility index (Phi) is 10.2. The summed E-state index contributed by atoms with van der Waals surface area (Å²) >= 11 is 0. The zero-order valence-corrected chi connectivity index (χ0v) is 14.8. The van der Waals surface area contributed by atoms with Crippen molar-refractivity contribution in [2.75, 3.05) is 14.2 Å². The second-order valence-electron chi connectivity index (χ2n) is 6.11. The molecule has 0 amide bonds. The van der Waals surface area contributed by atoms with E-state index in [1.807, 2.05) is 18.2 Å². The van der Waals surface area contributed by atoms with Gasteiger partial charge in [-0.1, -0.05) is 88.6 Å². The summed E-state index contributed by atoms with van der Waals surface area (Å²) in [6, 6.07) is 10.3. The smallest absolute Gasteiger partial charge is 0.194 e. The van der Waals surface area contributed by atoms with Gasteiger partial charge in [-0.25, -0.2) is 0 Å². The first-order valence-corrected chi connectivity index (χ1v) is 8.95. The molecule has 0 radical (unpaired) electrons. The van der Waals surface area contributed by atoms with Crippen LogP contribution in [0.2, 0.25) is 0 Å². The van der Waals surface area contributed by atoms with Crippen molar-refractivity contribution in [3.05, 3.63) is 35.9 Å². The van der Waals surface area contributed by atoms with Crippen LogP contribution >= 0.6 is 0 Å². The fourth-order valence-corrected chi connectivity index (χ4v) is 3.03. The average Bonchev–Trinajstić information content (AvgIpc) is 2.58. The fraction of sp³-hybridized carbons (Fsp3) is 0.700. The zero-order chi connectivity index (χ0) is 16.1. The summed E-state index contributed by atoms with van der Waals surface area (Å²) in [6.45, 7) is 2.27. The molecule has 0 saturated carbocycles. The van der Waals surface area contributed by atoms with E-state index in [0.29, 0.717) is 0 Å². The SMILES string of the molecule is CCCCCCCCCCCC(OC)(OC)c1ccccc1. The van der Waals surface area contributed by atoms with Crippen LogP contribution in [0.1, 0.15) is 76.7 Å². The van der Waals surface area contributed by atoms with E-state index < -0.39 is 5.79 Å². The van der Waals surface area contributed by atoms with Crippen molar-refractivity contribution in [1.82, 2.24) is 0 Å². The van der Waals surface area contributed by atoms with E-state index in [1.165, 1.54) is 51.4 Å². The second-order valence-corrected chi connectivity index (χ2v) is 6.11. The minimum absolute atomic E-state index is 0.581. The monoisotopic (exact) mass is 306 g/mol. The second kappa shape index (κ2) is 11.7. The van der Waals surface area contributed by atoms with Gasteiger partial charge >= 0.3 is 0 Å². The van der Waals surface area contributed by atoms with Gasteiger partial charge in [-0.05, 0) is 6.42 Å². The van der Waals surface area contributed by atoms with Gasteiger partial charge in [0, 0.05) is 26.2 Å². The number of methoxy groups -OCH3 is 2. The highest BCUT2D eigenvalue weighted by atomic mass is 16.7. The van der Waals surface area contributed by atoms with Gasteiger partial charge in [-0.15, -0.1) is 0 Å². The van der Waals surface area contributed by atoms with Crippen molar-refractivity contribution in [3.63, 3.8) is 0 Å². The molecule has 1 rings (SSSR count). The lowest BCUT2D eigenvalue weighted by Crippen LogP contribution is -2.30. The Morgan fingerprint density at radius 3 is 1.73 bits per heavy atom. The van der Waals surface area contributed by atoms with E-state index in [2.05, 4.69) is 19.1 Å². The highest BCUT2D eigenvalue weighted by molar-refractivity contribution is 5.20. The Morgan fingerprint density at radius 2 is 1.23 bits per heavy atom. The first kappa shape index (κ1) is 19.2. The summed E-state index contributed by atoms with van der Waals surface area (Å²) in [5.41, 5.74) is 1.11. The standard InChI is InChI=1S/C20H34O2/c1-4-5-6-7-8-9-10-11-15-18-20(21-2,22-3)19-16-13-12-14-17-19/h12-14,16-17H,4-11,15,18H2,1-3H3. The van der Waals surface area contributed by atoms with Crippen LogP contribution in [0.25, 0.3) is 0 Å². The third-order valence-corrected chi connectivity index (χ3v) is 4.48. The molecule has 0 aromatic heterocycles. The molecule has 2 nitrogen and oxygen atoms in total. The van der Waals surface area contributed by atoms with Crippen molar-refractivity contribution in [2.45, 2.75) is 76.9 Å². The molecule has 1 aromatic rings. The number of benzene rings is 1. The van der Waals surface area contributed by atoms with E-state index in [0.717, 1.165) is 18.4 Å². The summed E-state index contributed by atoms with van der Waals surface area (Å²) in [6.07, 6.45) is 12.9. The largest absolute Gasteiger partial charge is 0.349 e. The lowest BCUT2D eigenvalue weighted by atomic mass is 9.98. The van der Waals surface area contributed by atoms with Crippen LogP contribution in [-0.2, 0) is 15.3 Å². The van der Waals surface area contributed by atoms with Gasteiger partial charge in [0.1, 0.15) is 0 Å². The van der Waals surface area contributed by atoms with Crippen molar-refractivity contribution in [1.29, 1.82) is 0 Å². The van der Waals surface area contributed by atoms with Gasteiger partial charge in [0.2, 0.25) is 0 Å². The van der Waals surface area contributed by atoms with E-state index in [4.69, 9.17) is 9.47 Å². The number of rotatable bonds is 13. The van der Waals surface area contributed by atoms with Gasteiger partial charge in [-0.2, -0.15) is 0 Å². The van der Waals surface area contributed by atoms with Crippen LogP contribution in [0.5, 0.6) is 0 Å². The lowest BCUT2D eigenvalue weighted by Gasteiger charge is -2.31. The molecule has 2 heteroatoms. The van der Waals surface area contributed by atoms with Gasteiger partial charge in [0.15, 0.2) is 5.79 Å². The highest BCUT2D eigenvalue weighted by Crippen LogP contribution is 2.31. The van der Waals surface area contributed by atoms with Crippen molar-refractivity contribution in [2.24, 2.45) is 0 Å². The molecule has 0 saturated heterocycles. The predicted octanol–water partition coefficient (Wildman–Crippen LogP) is 6.05. The van der Waals surface area contributed by atoms with E-state index in [-0.39, 0.29) is 0 Å². The molecule has 0 aliphatic heterocycles. The number of hydrogen-bond donors (Lipinski definition) is 0. The van der Waals surface area contributed by atoms with E-state index >= 15 is 0 Å². The third-order valence-electron chi connectivity index (χ3n) is 4.48. The molecule has 0 fully saturated rings. The number of ether oxygens (including phenoxy) is 2. The molecule has 0 atom stereocenters. The van der Waals surface area contributed by atoms with Crippen LogP contribution in [0.3, 0.4) is 0 Å².